The molecule has 0 saturated carbocycles. The minimum absolute atomic E-state index is 0.317. The number of nitrogen functional groups attached to an aromatic ring is 1. The Morgan fingerprint density at radius 2 is 2.26 bits per heavy atom. The Balaban J connectivity index is 1.83. The molecule has 0 atom stereocenters. The number of benzene rings is 1. The van der Waals surface area contributed by atoms with Crippen molar-refractivity contribution < 1.29 is 4.52 Å². The summed E-state index contributed by atoms with van der Waals surface area (Å²) in [4.78, 5) is 4.26. The van der Waals surface area contributed by atoms with Crippen molar-refractivity contribution in [3.63, 3.8) is 0 Å². The smallest absolute Gasteiger partial charge is 0.248 e. The molecule has 0 aliphatic rings. The Bertz CT molecular complexity index is 707. The molecule has 2 N–H and O–H groups in total. The van der Waals surface area contributed by atoms with Crippen LogP contribution in [0.1, 0.15) is 5.89 Å². The molecule has 3 rings (SSSR count). The van der Waals surface area contributed by atoms with E-state index in [-0.39, 0.29) is 0 Å². The zero-order valence-corrected chi connectivity index (χ0v) is 10.4. The summed E-state index contributed by atoms with van der Waals surface area (Å²) in [6.45, 7) is 0.317. The predicted molar refractivity (Wildman–Crippen MR) is 68.3 cm³/mol. The highest BCUT2D eigenvalue weighted by Gasteiger charge is 2.10. The Morgan fingerprint density at radius 3 is 3.00 bits per heavy atom. The van der Waals surface area contributed by atoms with Gasteiger partial charge in [-0.3, -0.25) is 0 Å². The molecule has 0 aliphatic heterocycles. The molecule has 0 saturated heterocycles. The fourth-order valence-electron chi connectivity index (χ4n) is 1.59. The molecule has 0 aliphatic carbocycles. The molecule has 0 fully saturated rings. The highest BCUT2D eigenvalue weighted by molar-refractivity contribution is 6.30. The quantitative estimate of drug-likeness (QED) is 0.781. The van der Waals surface area contributed by atoms with Gasteiger partial charge >= 0.3 is 0 Å². The minimum atomic E-state index is 0.317. The molecule has 2 heterocycles. The van der Waals surface area contributed by atoms with Gasteiger partial charge in [0.15, 0.2) is 5.82 Å². The molecule has 2 aromatic heterocycles. The number of nitrogens with two attached hydrogens (primary N) is 1. The molecule has 0 radical (unpaired) electrons. The molecule has 7 nitrogen and oxygen atoms in total. The number of anilines is 1. The normalized spacial score (nSPS) is 10.8. The number of nitrogens with zero attached hydrogens (tertiary/aromatic N) is 5. The summed E-state index contributed by atoms with van der Waals surface area (Å²) in [5, 5.41) is 12.0. The summed E-state index contributed by atoms with van der Waals surface area (Å²) in [6, 6.07) is 7.23. The van der Waals surface area contributed by atoms with Crippen LogP contribution in [0.25, 0.3) is 11.4 Å². The fourth-order valence-corrected chi connectivity index (χ4v) is 1.78. The standard InChI is InChI=1S/C11H9ClN6O/c12-8-3-1-2-7(4-8)11-14-10(19-16-11)6-18-5-9(13)15-17-18/h1-5H,6,13H2. The van der Waals surface area contributed by atoms with Crippen LogP contribution in [0.4, 0.5) is 5.82 Å². The minimum Gasteiger partial charge on any atom is -0.381 e. The number of hydrogen-bond acceptors (Lipinski definition) is 6. The fraction of sp³-hybridized carbons (Fsp3) is 0.0909. The highest BCUT2D eigenvalue weighted by Crippen LogP contribution is 2.20. The van der Waals surface area contributed by atoms with Crippen LogP contribution < -0.4 is 5.73 Å². The van der Waals surface area contributed by atoms with E-state index in [4.69, 9.17) is 21.9 Å². The first-order chi connectivity index (χ1) is 9.20. The van der Waals surface area contributed by atoms with Gasteiger partial charge in [0.25, 0.3) is 0 Å². The summed E-state index contributed by atoms with van der Waals surface area (Å²) < 4.78 is 6.66. The van der Waals surface area contributed by atoms with Gasteiger partial charge in [-0.05, 0) is 12.1 Å². The van der Waals surface area contributed by atoms with Crippen LogP contribution in [-0.4, -0.2) is 25.1 Å². The van der Waals surface area contributed by atoms with Gasteiger partial charge in [-0.25, -0.2) is 4.68 Å². The van der Waals surface area contributed by atoms with Crippen molar-refractivity contribution in [3.8, 4) is 11.4 Å². The largest absolute Gasteiger partial charge is 0.381 e. The summed E-state index contributed by atoms with van der Waals surface area (Å²) >= 11 is 5.91. The lowest BCUT2D eigenvalue weighted by Gasteiger charge is -1.94. The number of aromatic nitrogens is 5. The van der Waals surface area contributed by atoms with Crippen molar-refractivity contribution >= 4 is 17.4 Å². The maximum Gasteiger partial charge on any atom is 0.248 e. The molecule has 96 valence electrons. The van der Waals surface area contributed by atoms with Crippen LogP contribution in [0.15, 0.2) is 35.0 Å². The van der Waals surface area contributed by atoms with Crippen molar-refractivity contribution in [1.82, 2.24) is 25.1 Å². The predicted octanol–water partition coefficient (Wildman–Crippen LogP) is 1.61. The molecule has 0 bridgehead atoms. The van der Waals surface area contributed by atoms with Gasteiger partial charge in [0.05, 0.1) is 6.20 Å². The third-order valence-electron chi connectivity index (χ3n) is 2.40. The van der Waals surface area contributed by atoms with Crippen molar-refractivity contribution in [2.24, 2.45) is 0 Å². The summed E-state index contributed by atoms with van der Waals surface area (Å²) in [5.41, 5.74) is 6.26. The van der Waals surface area contributed by atoms with Crippen LogP contribution >= 0.6 is 11.6 Å². The molecular weight excluding hydrogens is 268 g/mol. The highest BCUT2D eigenvalue weighted by atomic mass is 35.5. The molecule has 0 unspecified atom stereocenters. The first kappa shape index (κ1) is 11.7. The monoisotopic (exact) mass is 276 g/mol. The van der Waals surface area contributed by atoms with Crippen LogP contribution in [0.3, 0.4) is 0 Å². The first-order valence-electron chi connectivity index (χ1n) is 5.45. The topological polar surface area (TPSA) is 95.7 Å². The van der Waals surface area contributed by atoms with E-state index in [0.29, 0.717) is 29.1 Å². The average Bonchev–Trinajstić information content (AvgIpc) is 2.99. The van der Waals surface area contributed by atoms with Gasteiger partial charge in [-0.1, -0.05) is 34.1 Å². The van der Waals surface area contributed by atoms with Gasteiger partial charge in [-0.15, -0.1) is 5.10 Å². The maximum absolute atomic E-state index is 5.91. The SMILES string of the molecule is Nc1cn(Cc2nc(-c3cccc(Cl)c3)no2)nn1. The van der Waals surface area contributed by atoms with E-state index >= 15 is 0 Å². The number of hydrogen-bond donors (Lipinski definition) is 1. The van der Waals surface area contributed by atoms with E-state index < -0.39 is 0 Å². The van der Waals surface area contributed by atoms with Crippen LogP contribution in [-0.2, 0) is 6.54 Å². The van der Waals surface area contributed by atoms with Gasteiger partial charge in [0, 0.05) is 10.6 Å². The molecule has 1 aromatic carbocycles. The van der Waals surface area contributed by atoms with E-state index in [1.807, 2.05) is 12.1 Å². The van der Waals surface area contributed by atoms with Crippen molar-refractivity contribution in [1.29, 1.82) is 0 Å². The molecule has 8 heteroatoms. The Labute approximate surface area is 113 Å². The lowest BCUT2D eigenvalue weighted by molar-refractivity contribution is 0.364. The van der Waals surface area contributed by atoms with E-state index in [0.717, 1.165) is 5.56 Å². The van der Waals surface area contributed by atoms with Crippen molar-refractivity contribution in [3.05, 3.63) is 41.4 Å². The number of rotatable bonds is 3. The Kier molecular flexibility index (Phi) is 2.88. The summed E-state index contributed by atoms with van der Waals surface area (Å²) in [7, 11) is 0. The van der Waals surface area contributed by atoms with E-state index in [1.54, 1.807) is 18.3 Å². The maximum atomic E-state index is 5.91. The third-order valence-corrected chi connectivity index (χ3v) is 2.64. The average molecular weight is 277 g/mol. The summed E-state index contributed by atoms with van der Waals surface area (Å²) in [5.74, 6) is 1.24. The van der Waals surface area contributed by atoms with Crippen LogP contribution in [0.5, 0.6) is 0 Å². The Hall–Kier alpha value is -2.41. The lowest BCUT2D eigenvalue weighted by atomic mass is 10.2. The van der Waals surface area contributed by atoms with Crippen LogP contribution in [0, 0.1) is 0 Å². The summed E-state index contributed by atoms with van der Waals surface area (Å²) in [6.07, 6.45) is 1.59. The van der Waals surface area contributed by atoms with E-state index in [2.05, 4.69) is 20.5 Å². The Morgan fingerprint density at radius 1 is 1.37 bits per heavy atom. The van der Waals surface area contributed by atoms with Crippen molar-refractivity contribution in [2.45, 2.75) is 6.54 Å². The first-order valence-corrected chi connectivity index (χ1v) is 5.82. The van der Waals surface area contributed by atoms with Gasteiger partial charge in [-0.2, -0.15) is 4.98 Å². The van der Waals surface area contributed by atoms with Gasteiger partial charge in [0.2, 0.25) is 11.7 Å². The zero-order chi connectivity index (χ0) is 13.2. The van der Waals surface area contributed by atoms with Gasteiger partial charge < -0.3 is 10.3 Å². The zero-order valence-electron chi connectivity index (χ0n) is 9.69. The molecular formula is C11H9ClN6O. The molecule has 19 heavy (non-hydrogen) atoms. The lowest BCUT2D eigenvalue weighted by Crippen LogP contribution is -2.00. The second-order valence-corrected chi connectivity index (χ2v) is 4.30. The second kappa shape index (κ2) is 4.69. The molecule has 0 amide bonds. The second-order valence-electron chi connectivity index (χ2n) is 3.86. The van der Waals surface area contributed by atoms with E-state index in [1.165, 1.54) is 4.68 Å². The van der Waals surface area contributed by atoms with Gasteiger partial charge in [0.1, 0.15) is 6.54 Å². The number of halogens is 1. The van der Waals surface area contributed by atoms with Crippen LogP contribution in [0.2, 0.25) is 5.02 Å². The molecule has 3 aromatic rings. The third kappa shape index (κ3) is 2.55. The molecule has 0 spiro atoms. The van der Waals surface area contributed by atoms with E-state index in [9.17, 15) is 0 Å². The van der Waals surface area contributed by atoms with Crippen molar-refractivity contribution in [2.75, 3.05) is 5.73 Å².